The first-order chi connectivity index (χ1) is 10.2. The third-order valence-electron chi connectivity index (χ3n) is 3.16. The number of fused-ring (bicyclic) bond motifs is 1. The van der Waals surface area contributed by atoms with Crippen LogP contribution in [0.1, 0.15) is 18.2 Å². The lowest BCUT2D eigenvalue weighted by atomic mass is 10.2. The minimum Gasteiger partial charge on any atom is -0.436 e. The molecular weight excluding hydrogens is 306 g/mol. The van der Waals surface area contributed by atoms with Crippen molar-refractivity contribution in [3.63, 3.8) is 0 Å². The molecule has 0 aliphatic carbocycles. The third-order valence-corrected chi connectivity index (χ3v) is 4.23. The van der Waals surface area contributed by atoms with Crippen LogP contribution in [0, 0.1) is 6.92 Å². The van der Waals surface area contributed by atoms with Crippen LogP contribution in [0.4, 0.5) is 0 Å². The molecule has 4 nitrogen and oxygen atoms in total. The van der Waals surface area contributed by atoms with E-state index in [1.54, 1.807) is 11.3 Å². The van der Waals surface area contributed by atoms with Gasteiger partial charge in [0, 0.05) is 18.1 Å². The molecule has 0 bridgehead atoms. The van der Waals surface area contributed by atoms with Crippen molar-refractivity contribution in [2.24, 2.45) is 0 Å². The van der Waals surface area contributed by atoms with Crippen molar-refractivity contribution >= 4 is 27.9 Å². The summed E-state index contributed by atoms with van der Waals surface area (Å²) in [5, 5.41) is 5.92. The van der Waals surface area contributed by atoms with Gasteiger partial charge in [0.05, 0.1) is 5.02 Å². The molecule has 3 aromatic rings. The highest BCUT2D eigenvalue weighted by molar-refractivity contribution is 7.15. The average molecular weight is 322 g/mol. The summed E-state index contributed by atoms with van der Waals surface area (Å²) >= 11 is 7.79. The molecule has 0 radical (unpaired) electrons. The molecule has 110 valence electrons. The highest BCUT2D eigenvalue weighted by atomic mass is 35.5. The van der Waals surface area contributed by atoms with E-state index in [0.29, 0.717) is 23.2 Å². The molecule has 2 heterocycles. The number of benzene rings is 1. The number of ether oxygens (including phenoxy) is 1. The molecule has 0 unspecified atom stereocenters. The van der Waals surface area contributed by atoms with Gasteiger partial charge in [-0.05, 0) is 31.2 Å². The molecule has 0 aliphatic heterocycles. The standard InChI is InChI=1S/C15H16ClN3OS/c1-3-17-9-12-14(18-15-19(12)6-7-21-15)20-13-8-10(2)4-5-11(13)16/h4-8,17H,3,9H2,1-2H3. The molecule has 0 saturated heterocycles. The number of nitrogens with zero attached hydrogens (tertiary/aromatic N) is 2. The smallest absolute Gasteiger partial charge is 0.243 e. The van der Waals surface area contributed by atoms with E-state index < -0.39 is 0 Å². The van der Waals surface area contributed by atoms with Gasteiger partial charge < -0.3 is 10.1 Å². The molecule has 0 amide bonds. The summed E-state index contributed by atoms with van der Waals surface area (Å²) in [7, 11) is 0. The van der Waals surface area contributed by atoms with Crippen LogP contribution in [0.5, 0.6) is 11.6 Å². The average Bonchev–Trinajstić information content (AvgIpc) is 3.02. The second kappa shape index (κ2) is 6.05. The Balaban J connectivity index is 1.99. The van der Waals surface area contributed by atoms with E-state index in [-0.39, 0.29) is 0 Å². The molecule has 0 atom stereocenters. The van der Waals surface area contributed by atoms with E-state index in [1.807, 2.05) is 41.1 Å². The molecule has 3 rings (SSSR count). The highest BCUT2D eigenvalue weighted by Gasteiger charge is 2.16. The number of aryl methyl sites for hydroxylation is 1. The molecular formula is C15H16ClN3OS. The monoisotopic (exact) mass is 321 g/mol. The molecule has 1 N–H and O–H groups in total. The van der Waals surface area contributed by atoms with Crippen molar-refractivity contribution in [2.45, 2.75) is 20.4 Å². The summed E-state index contributed by atoms with van der Waals surface area (Å²) in [6.07, 6.45) is 2.00. The lowest BCUT2D eigenvalue weighted by Crippen LogP contribution is -2.13. The van der Waals surface area contributed by atoms with Gasteiger partial charge in [-0.15, -0.1) is 11.3 Å². The quantitative estimate of drug-likeness (QED) is 0.763. The van der Waals surface area contributed by atoms with Crippen molar-refractivity contribution in [1.82, 2.24) is 14.7 Å². The molecule has 21 heavy (non-hydrogen) atoms. The summed E-state index contributed by atoms with van der Waals surface area (Å²) in [5.74, 6) is 1.25. The zero-order valence-electron chi connectivity index (χ0n) is 11.9. The first kappa shape index (κ1) is 14.4. The Hall–Kier alpha value is -1.56. The van der Waals surface area contributed by atoms with Crippen LogP contribution in [0.15, 0.2) is 29.8 Å². The maximum atomic E-state index is 6.20. The van der Waals surface area contributed by atoms with Crippen molar-refractivity contribution < 1.29 is 4.74 Å². The van der Waals surface area contributed by atoms with E-state index in [0.717, 1.165) is 22.8 Å². The van der Waals surface area contributed by atoms with Gasteiger partial charge in [0.1, 0.15) is 11.4 Å². The maximum absolute atomic E-state index is 6.20. The summed E-state index contributed by atoms with van der Waals surface area (Å²) < 4.78 is 8.01. The van der Waals surface area contributed by atoms with Crippen LogP contribution < -0.4 is 10.1 Å². The van der Waals surface area contributed by atoms with Gasteiger partial charge in [-0.25, -0.2) is 0 Å². The summed E-state index contributed by atoms with van der Waals surface area (Å²) in [6, 6.07) is 5.72. The molecule has 1 aromatic carbocycles. The second-order valence-corrected chi connectivity index (χ2v) is 6.02. The van der Waals surface area contributed by atoms with E-state index in [9.17, 15) is 0 Å². The number of halogens is 1. The molecule has 0 fully saturated rings. The Labute approximate surface area is 132 Å². The van der Waals surface area contributed by atoms with Crippen LogP contribution >= 0.6 is 22.9 Å². The highest BCUT2D eigenvalue weighted by Crippen LogP contribution is 2.32. The molecule has 0 aliphatic rings. The first-order valence-corrected chi connectivity index (χ1v) is 8.04. The largest absolute Gasteiger partial charge is 0.436 e. The maximum Gasteiger partial charge on any atom is 0.243 e. The number of imidazole rings is 1. The molecule has 2 aromatic heterocycles. The molecule has 0 saturated carbocycles. The Morgan fingerprint density at radius 2 is 2.29 bits per heavy atom. The van der Waals surface area contributed by atoms with Gasteiger partial charge in [-0.1, -0.05) is 24.6 Å². The minimum atomic E-state index is 0.589. The van der Waals surface area contributed by atoms with Gasteiger partial charge in [-0.3, -0.25) is 4.40 Å². The van der Waals surface area contributed by atoms with Crippen LogP contribution in [-0.2, 0) is 6.54 Å². The Kier molecular flexibility index (Phi) is 4.14. The lowest BCUT2D eigenvalue weighted by molar-refractivity contribution is 0.456. The van der Waals surface area contributed by atoms with Gasteiger partial charge in [0.15, 0.2) is 4.96 Å². The predicted molar refractivity (Wildman–Crippen MR) is 86.7 cm³/mol. The number of hydrogen-bond acceptors (Lipinski definition) is 4. The summed E-state index contributed by atoms with van der Waals surface area (Å²) in [5.41, 5.74) is 2.11. The fraction of sp³-hybridized carbons (Fsp3) is 0.267. The van der Waals surface area contributed by atoms with Gasteiger partial charge in [0.25, 0.3) is 0 Å². The van der Waals surface area contributed by atoms with Crippen molar-refractivity contribution in [2.75, 3.05) is 6.54 Å². The fourth-order valence-electron chi connectivity index (χ4n) is 2.09. The number of thiazole rings is 1. The first-order valence-electron chi connectivity index (χ1n) is 6.78. The normalized spacial score (nSPS) is 11.2. The Bertz CT molecular complexity index is 765. The second-order valence-electron chi connectivity index (χ2n) is 4.74. The third kappa shape index (κ3) is 2.90. The van der Waals surface area contributed by atoms with Gasteiger partial charge in [0.2, 0.25) is 5.88 Å². The molecule has 0 spiro atoms. The number of hydrogen-bond donors (Lipinski definition) is 1. The van der Waals surface area contributed by atoms with E-state index in [1.165, 1.54) is 0 Å². The summed E-state index contributed by atoms with van der Waals surface area (Å²) in [6.45, 7) is 5.67. The van der Waals surface area contributed by atoms with Crippen LogP contribution in [0.25, 0.3) is 4.96 Å². The van der Waals surface area contributed by atoms with E-state index in [2.05, 4.69) is 17.2 Å². The SMILES string of the molecule is CCNCc1c(Oc2cc(C)ccc2Cl)nc2sccn12. The van der Waals surface area contributed by atoms with Crippen LogP contribution in [-0.4, -0.2) is 15.9 Å². The fourth-order valence-corrected chi connectivity index (χ4v) is 2.97. The van der Waals surface area contributed by atoms with Gasteiger partial charge >= 0.3 is 0 Å². The summed E-state index contributed by atoms with van der Waals surface area (Å²) in [4.78, 5) is 5.47. The van der Waals surface area contributed by atoms with Crippen LogP contribution in [0.3, 0.4) is 0 Å². The number of aromatic nitrogens is 2. The van der Waals surface area contributed by atoms with Crippen molar-refractivity contribution in [3.05, 3.63) is 46.1 Å². The number of rotatable bonds is 5. The van der Waals surface area contributed by atoms with Gasteiger partial charge in [-0.2, -0.15) is 4.98 Å². The number of nitrogens with one attached hydrogen (secondary N) is 1. The lowest BCUT2D eigenvalue weighted by Gasteiger charge is -2.08. The topological polar surface area (TPSA) is 38.6 Å². The van der Waals surface area contributed by atoms with Crippen molar-refractivity contribution in [1.29, 1.82) is 0 Å². The van der Waals surface area contributed by atoms with E-state index >= 15 is 0 Å². The minimum absolute atomic E-state index is 0.589. The zero-order valence-corrected chi connectivity index (χ0v) is 13.5. The predicted octanol–water partition coefficient (Wildman–Crippen LogP) is 4.26. The zero-order chi connectivity index (χ0) is 14.8. The van der Waals surface area contributed by atoms with Crippen LogP contribution in [0.2, 0.25) is 5.02 Å². The Morgan fingerprint density at radius 1 is 1.43 bits per heavy atom. The Morgan fingerprint density at radius 3 is 3.10 bits per heavy atom. The van der Waals surface area contributed by atoms with Crippen molar-refractivity contribution in [3.8, 4) is 11.6 Å². The molecule has 6 heteroatoms. The van der Waals surface area contributed by atoms with E-state index in [4.69, 9.17) is 16.3 Å².